The number of aliphatic hydroxyl groups excluding tert-OH is 1. The molecular formula is C21H25NO3. The zero-order valence-corrected chi connectivity index (χ0v) is 14.4. The van der Waals surface area contributed by atoms with Crippen LogP contribution in [0.3, 0.4) is 0 Å². The van der Waals surface area contributed by atoms with Gasteiger partial charge in [0.2, 0.25) is 5.91 Å². The summed E-state index contributed by atoms with van der Waals surface area (Å²) in [5, 5.41) is 19.5. The van der Waals surface area contributed by atoms with Gasteiger partial charge in [0.15, 0.2) is 0 Å². The Hall–Kier alpha value is -2.17. The van der Waals surface area contributed by atoms with E-state index in [0.29, 0.717) is 32.4 Å². The Morgan fingerprint density at radius 3 is 2.32 bits per heavy atom. The molecule has 0 aliphatic carbocycles. The van der Waals surface area contributed by atoms with Crippen molar-refractivity contribution in [3.8, 4) is 11.1 Å². The van der Waals surface area contributed by atoms with Gasteiger partial charge in [-0.1, -0.05) is 54.6 Å². The number of aliphatic hydroxyl groups is 2. The van der Waals surface area contributed by atoms with Crippen LogP contribution in [0.15, 0.2) is 54.6 Å². The number of likely N-dealkylation sites (tertiary alicyclic amines) is 1. The summed E-state index contributed by atoms with van der Waals surface area (Å²) < 4.78 is 0. The van der Waals surface area contributed by atoms with Crippen LogP contribution in [0.4, 0.5) is 0 Å². The largest absolute Gasteiger partial charge is 0.393 e. The van der Waals surface area contributed by atoms with Crippen LogP contribution in [-0.2, 0) is 11.2 Å². The Balaban J connectivity index is 1.61. The number of benzene rings is 2. The highest BCUT2D eigenvalue weighted by Gasteiger charge is 2.30. The number of hydrogen-bond acceptors (Lipinski definition) is 3. The van der Waals surface area contributed by atoms with Gasteiger partial charge in [-0.3, -0.25) is 4.79 Å². The van der Waals surface area contributed by atoms with E-state index in [4.69, 9.17) is 0 Å². The number of carbonyl (C=O) groups excluding carboxylic acids is 1. The molecule has 0 saturated carbocycles. The number of hydrogen-bond donors (Lipinski definition) is 2. The van der Waals surface area contributed by atoms with Crippen molar-refractivity contribution in [1.29, 1.82) is 0 Å². The first-order valence-electron chi connectivity index (χ1n) is 8.85. The van der Waals surface area contributed by atoms with E-state index >= 15 is 0 Å². The predicted molar refractivity (Wildman–Crippen MR) is 98.0 cm³/mol. The molecule has 2 aromatic carbocycles. The van der Waals surface area contributed by atoms with Crippen molar-refractivity contribution in [3.63, 3.8) is 0 Å². The summed E-state index contributed by atoms with van der Waals surface area (Å²) in [7, 11) is 0. The van der Waals surface area contributed by atoms with Crippen molar-refractivity contribution in [1.82, 2.24) is 4.90 Å². The second kappa shape index (κ2) is 7.81. The van der Waals surface area contributed by atoms with Crippen molar-refractivity contribution < 1.29 is 15.0 Å². The molecular weight excluding hydrogens is 314 g/mol. The standard InChI is InChI=1S/C21H25NO3/c23-16-21(25)11-4-13-22(14-12-21)20(24)15-17-7-9-19(10-8-17)18-5-2-1-3-6-18/h1-3,5-10,23,25H,4,11-16H2. The molecule has 2 aromatic rings. The third-order valence-corrected chi connectivity index (χ3v) is 4.98. The van der Waals surface area contributed by atoms with Crippen LogP contribution >= 0.6 is 0 Å². The molecule has 0 bridgehead atoms. The van der Waals surface area contributed by atoms with Crippen molar-refractivity contribution in [2.24, 2.45) is 0 Å². The third-order valence-electron chi connectivity index (χ3n) is 4.98. The fraction of sp³-hybridized carbons (Fsp3) is 0.381. The summed E-state index contributed by atoms with van der Waals surface area (Å²) in [5.74, 6) is 0.0784. The molecule has 1 amide bonds. The van der Waals surface area contributed by atoms with Gasteiger partial charge in [-0.25, -0.2) is 0 Å². The summed E-state index contributed by atoms with van der Waals surface area (Å²) in [6, 6.07) is 18.3. The van der Waals surface area contributed by atoms with Gasteiger partial charge >= 0.3 is 0 Å². The molecule has 1 saturated heterocycles. The highest BCUT2D eigenvalue weighted by Crippen LogP contribution is 2.23. The zero-order valence-electron chi connectivity index (χ0n) is 14.4. The van der Waals surface area contributed by atoms with Gasteiger partial charge in [0.1, 0.15) is 0 Å². The van der Waals surface area contributed by atoms with Gasteiger partial charge < -0.3 is 15.1 Å². The van der Waals surface area contributed by atoms with Crippen molar-refractivity contribution in [3.05, 3.63) is 60.2 Å². The lowest BCUT2D eigenvalue weighted by molar-refractivity contribution is -0.130. The fourth-order valence-electron chi connectivity index (χ4n) is 3.32. The zero-order chi connectivity index (χ0) is 17.7. The van der Waals surface area contributed by atoms with Crippen LogP contribution in [0.5, 0.6) is 0 Å². The molecule has 0 radical (unpaired) electrons. The second-order valence-corrected chi connectivity index (χ2v) is 6.86. The van der Waals surface area contributed by atoms with E-state index in [0.717, 1.165) is 23.1 Å². The molecule has 4 heteroatoms. The summed E-state index contributed by atoms with van der Waals surface area (Å²) in [6.45, 7) is 0.900. The minimum Gasteiger partial charge on any atom is -0.393 e. The highest BCUT2D eigenvalue weighted by atomic mass is 16.3. The van der Waals surface area contributed by atoms with E-state index in [1.54, 1.807) is 4.90 Å². The summed E-state index contributed by atoms with van der Waals surface area (Å²) >= 11 is 0. The Morgan fingerprint density at radius 1 is 0.960 bits per heavy atom. The van der Waals surface area contributed by atoms with Gasteiger partial charge in [-0.05, 0) is 36.0 Å². The van der Waals surface area contributed by atoms with Crippen LogP contribution in [0.25, 0.3) is 11.1 Å². The van der Waals surface area contributed by atoms with E-state index in [-0.39, 0.29) is 12.5 Å². The van der Waals surface area contributed by atoms with Crippen LogP contribution < -0.4 is 0 Å². The van der Waals surface area contributed by atoms with Crippen LogP contribution in [0.1, 0.15) is 24.8 Å². The van der Waals surface area contributed by atoms with Gasteiger partial charge in [0.25, 0.3) is 0 Å². The Bertz CT molecular complexity index is 699. The van der Waals surface area contributed by atoms with E-state index in [1.165, 1.54) is 0 Å². The maximum absolute atomic E-state index is 12.6. The van der Waals surface area contributed by atoms with E-state index in [1.807, 2.05) is 42.5 Å². The monoisotopic (exact) mass is 339 g/mol. The van der Waals surface area contributed by atoms with Gasteiger partial charge in [-0.15, -0.1) is 0 Å². The highest BCUT2D eigenvalue weighted by molar-refractivity contribution is 5.79. The second-order valence-electron chi connectivity index (χ2n) is 6.86. The smallest absolute Gasteiger partial charge is 0.226 e. The minimum absolute atomic E-state index is 0.0784. The first-order valence-corrected chi connectivity index (χ1v) is 8.85. The van der Waals surface area contributed by atoms with Crippen molar-refractivity contribution >= 4 is 5.91 Å². The molecule has 1 atom stereocenters. The van der Waals surface area contributed by atoms with Crippen molar-refractivity contribution in [2.75, 3.05) is 19.7 Å². The number of rotatable bonds is 4. The average molecular weight is 339 g/mol. The Morgan fingerprint density at radius 2 is 1.64 bits per heavy atom. The topological polar surface area (TPSA) is 60.8 Å². The van der Waals surface area contributed by atoms with E-state index < -0.39 is 5.60 Å². The van der Waals surface area contributed by atoms with Crippen LogP contribution in [0, 0.1) is 0 Å². The Kier molecular flexibility index (Phi) is 5.51. The molecule has 1 heterocycles. The van der Waals surface area contributed by atoms with Crippen molar-refractivity contribution in [2.45, 2.75) is 31.3 Å². The fourth-order valence-corrected chi connectivity index (χ4v) is 3.32. The molecule has 4 nitrogen and oxygen atoms in total. The van der Waals surface area contributed by atoms with Crippen LogP contribution in [-0.4, -0.2) is 46.3 Å². The summed E-state index contributed by atoms with van der Waals surface area (Å²) in [5.41, 5.74) is 2.26. The lowest BCUT2D eigenvalue weighted by Gasteiger charge is -2.24. The van der Waals surface area contributed by atoms with Gasteiger partial charge in [0, 0.05) is 13.1 Å². The lowest BCUT2D eigenvalue weighted by Crippen LogP contribution is -2.37. The molecule has 132 valence electrons. The molecule has 3 rings (SSSR count). The maximum atomic E-state index is 12.6. The molecule has 25 heavy (non-hydrogen) atoms. The van der Waals surface area contributed by atoms with Crippen LogP contribution in [0.2, 0.25) is 0 Å². The van der Waals surface area contributed by atoms with E-state index in [2.05, 4.69) is 12.1 Å². The molecule has 0 spiro atoms. The van der Waals surface area contributed by atoms with Gasteiger partial charge in [0.05, 0.1) is 18.6 Å². The minimum atomic E-state index is -1.04. The van der Waals surface area contributed by atoms with E-state index in [9.17, 15) is 15.0 Å². The number of amides is 1. The molecule has 1 fully saturated rings. The summed E-state index contributed by atoms with van der Waals surface area (Å²) in [4.78, 5) is 14.4. The first kappa shape index (κ1) is 17.6. The quantitative estimate of drug-likeness (QED) is 0.900. The molecule has 1 aliphatic rings. The Labute approximate surface area is 148 Å². The number of carbonyl (C=O) groups is 1. The molecule has 0 aromatic heterocycles. The third kappa shape index (κ3) is 4.47. The molecule has 1 unspecified atom stereocenters. The lowest BCUT2D eigenvalue weighted by atomic mass is 9.96. The molecule has 2 N–H and O–H groups in total. The predicted octanol–water partition coefficient (Wildman–Crippen LogP) is 2.63. The molecule has 1 aliphatic heterocycles. The summed E-state index contributed by atoms with van der Waals surface area (Å²) in [6.07, 6.45) is 2.06. The van der Waals surface area contributed by atoms with Gasteiger partial charge in [-0.2, -0.15) is 0 Å². The normalized spacial score (nSPS) is 21.0. The average Bonchev–Trinajstić information content (AvgIpc) is 2.85. The maximum Gasteiger partial charge on any atom is 0.226 e. The first-order chi connectivity index (χ1) is 12.1. The SMILES string of the molecule is O=C(Cc1ccc(-c2ccccc2)cc1)N1CCCC(O)(CO)CC1. The number of nitrogens with zero attached hydrogens (tertiary/aromatic N) is 1.